The van der Waals surface area contributed by atoms with Crippen molar-refractivity contribution in [1.29, 1.82) is 0 Å². The number of carbonyl (C=O) groups is 4. The van der Waals surface area contributed by atoms with Gasteiger partial charge in [-0.05, 0) is 64.8 Å². The number of benzene rings is 4. The summed E-state index contributed by atoms with van der Waals surface area (Å²) in [6, 6.07) is 28.0. The molecule has 0 aromatic heterocycles. The highest BCUT2D eigenvalue weighted by Gasteiger charge is 2.41. The van der Waals surface area contributed by atoms with Crippen LogP contribution in [0.25, 0.3) is 11.1 Å². The van der Waals surface area contributed by atoms with E-state index >= 15 is 0 Å². The molecule has 1 aliphatic carbocycles. The number of urea groups is 1. The largest absolute Gasteiger partial charge is 0.449 e. The molecule has 3 N–H and O–H groups in total. The molecule has 9 nitrogen and oxygen atoms in total. The molecule has 0 radical (unpaired) electrons. The first-order valence-corrected chi connectivity index (χ1v) is 16.5. The van der Waals surface area contributed by atoms with Crippen molar-refractivity contribution in [2.45, 2.75) is 31.2 Å². The first-order chi connectivity index (χ1) is 23.2. The van der Waals surface area contributed by atoms with Crippen LogP contribution in [0.15, 0.2) is 97.1 Å². The first-order valence-electron chi connectivity index (χ1n) is 15.7. The number of amides is 4. The van der Waals surface area contributed by atoms with Crippen LogP contribution in [-0.4, -0.2) is 59.6 Å². The zero-order valence-electron chi connectivity index (χ0n) is 26.0. The summed E-state index contributed by atoms with van der Waals surface area (Å²) in [5, 5.41) is 5.79. The van der Waals surface area contributed by atoms with Gasteiger partial charge >= 0.3 is 12.1 Å². The molecule has 1 fully saturated rings. The van der Waals surface area contributed by atoms with Gasteiger partial charge < -0.3 is 15.8 Å². The Morgan fingerprint density at radius 2 is 1.44 bits per heavy atom. The van der Waals surface area contributed by atoms with Gasteiger partial charge in [0.2, 0.25) is 0 Å². The number of rotatable bonds is 10. The number of nitrogens with zero attached hydrogens (tertiary/aromatic N) is 2. The minimum atomic E-state index is -1.31. The van der Waals surface area contributed by atoms with E-state index in [4.69, 9.17) is 33.7 Å². The lowest BCUT2D eigenvalue weighted by Crippen LogP contribution is -2.54. The maximum Gasteiger partial charge on any atom is 0.407 e. The fraction of sp³-hybridized carbons (Fsp3) is 0.243. The lowest BCUT2D eigenvalue weighted by molar-refractivity contribution is -0.149. The van der Waals surface area contributed by atoms with Crippen LogP contribution < -0.4 is 11.1 Å². The third-order valence-electron chi connectivity index (χ3n) is 8.88. The average molecular weight is 686 g/mol. The number of nitrogens with two attached hydrogens (primary N) is 1. The Hall–Kier alpha value is -4.86. The Morgan fingerprint density at radius 1 is 0.812 bits per heavy atom. The molecule has 2 atom stereocenters. The molecule has 0 spiro atoms. The van der Waals surface area contributed by atoms with Gasteiger partial charge in [-0.15, -0.1) is 0 Å². The van der Waals surface area contributed by atoms with Crippen LogP contribution in [0.1, 0.15) is 34.6 Å². The summed E-state index contributed by atoms with van der Waals surface area (Å²) in [5.74, 6) is -2.66. The molecule has 2 aliphatic rings. The average Bonchev–Trinajstić information content (AvgIpc) is 3.71. The number of Topliss-reactive ketones (excluding diaryl/α,β-unsaturated/α-hetero) is 1. The van der Waals surface area contributed by atoms with Crippen molar-refractivity contribution in [3.05, 3.63) is 129 Å². The number of carbonyl (C=O) groups excluding carboxylic acids is 4. The molecular formula is C37H34Cl2N4O5. The van der Waals surface area contributed by atoms with Gasteiger partial charge in [0.05, 0.1) is 6.04 Å². The van der Waals surface area contributed by atoms with Crippen molar-refractivity contribution < 1.29 is 23.9 Å². The van der Waals surface area contributed by atoms with Crippen LogP contribution in [0.3, 0.4) is 0 Å². The number of alkyl carbamates (subject to hydrolysis) is 1. The molecule has 4 aromatic carbocycles. The number of hydrazine groups is 1. The Bertz CT molecular complexity index is 1810. The highest BCUT2D eigenvalue weighted by molar-refractivity contribution is 6.35. The van der Waals surface area contributed by atoms with Gasteiger partial charge in [-0.2, -0.15) is 0 Å². The summed E-state index contributed by atoms with van der Waals surface area (Å²) < 4.78 is 5.79. The van der Waals surface area contributed by atoms with E-state index in [0.29, 0.717) is 17.0 Å². The monoisotopic (exact) mass is 684 g/mol. The van der Waals surface area contributed by atoms with Gasteiger partial charge in [0, 0.05) is 29.1 Å². The quantitative estimate of drug-likeness (QED) is 0.187. The summed E-state index contributed by atoms with van der Waals surface area (Å²) in [6.45, 7) is 0.508. The van der Waals surface area contributed by atoms with Crippen molar-refractivity contribution in [2.75, 3.05) is 19.7 Å². The maximum atomic E-state index is 14.5. The molecule has 6 rings (SSSR count). The molecule has 0 unspecified atom stereocenters. The minimum absolute atomic E-state index is 0.0518. The van der Waals surface area contributed by atoms with E-state index in [-0.39, 0.29) is 43.5 Å². The van der Waals surface area contributed by atoms with Crippen molar-refractivity contribution in [2.24, 2.45) is 11.7 Å². The van der Waals surface area contributed by atoms with Gasteiger partial charge in [-0.1, -0.05) is 108 Å². The van der Waals surface area contributed by atoms with Crippen LogP contribution in [0.5, 0.6) is 0 Å². The van der Waals surface area contributed by atoms with E-state index in [2.05, 4.69) is 5.32 Å². The topological polar surface area (TPSA) is 122 Å². The van der Waals surface area contributed by atoms with E-state index in [9.17, 15) is 19.2 Å². The van der Waals surface area contributed by atoms with Crippen molar-refractivity contribution in [3.63, 3.8) is 0 Å². The van der Waals surface area contributed by atoms with Gasteiger partial charge in [0.1, 0.15) is 12.5 Å². The third-order valence-corrected chi connectivity index (χ3v) is 9.47. The standard InChI is InChI=1S/C37H34Cl2N4O5/c38-25-16-15-24(32(39)21-25)20-30(35(45)42-17-8-18-43(42)36(40)46)34(44)33(19-23-9-2-1-3-10-23)41-37(47)48-22-31-28-13-6-4-11-26(28)27-12-5-7-14-29(27)31/h1-7,9-16,21,30-31,33H,8,17-20,22H2,(H2,40,46)(H,41,47)/t30-,33+/m0/s1. The van der Waals surface area contributed by atoms with E-state index in [1.165, 1.54) is 11.1 Å². The lowest BCUT2D eigenvalue weighted by atomic mass is 9.88. The lowest BCUT2D eigenvalue weighted by Gasteiger charge is -2.31. The minimum Gasteiger partial charge on any atom is -0.449 e. The highest BCUT2D eigenvalue weighted by Crippen LogP contribution is 2.44. The second-order valence-corrected chi connectivity index (χ2v) is 12.7. The second kappa shape index (κ2) is 14.5. The Balaban J connectivity index is 1.27. The molecular weight excluding hydrogens is 651 g/mol. The fourth-order valence-corrected chi connectivity index (χ4v) is 7.05. The van der Waals surface area contributed by atoms with Gasteiger partial charge in [0.25, 0.3) is 5.91 Å². The zero-order chi connectivity index (χ0) is 33.8. The van der Waals surface area contributed by atoms with Crippen molar-refractivity contribution in [1.82, 2.24) is 15.3 Å². The van der Waals surface area contributed by atoms with Crippen LogP contribution in [-0.2, 0) is 27.2 Å². The van der Waals surface area contributed by atoms with Crippen LogP contribution in [0.2, 0.25) is 10.0 Å². The van der Waals surface area contributed by atoms with E-state index < -0.39 is 35.8 Å². The molecule has 4 amide bonds. The maximum absolute atomic E-state index is 14.5. The predicted molar refractivity (Wildman–Crippen MR) is 183 cm³/mol. The smallest absolute Gasteiger partial charge is 0.407 e. The van der Waals surface area contributed by atoms with E-state index in [0.717, 1.165) is 32.8 Å². The molecule has 0 saturated carbocycles. The Morgan fingerprint density at radius 3 is 2.08 bits per heavy atom. The third kappa shape index (κ3) is 7.02. The van der Waals surface area contributed by atoms with Crippen LogP contribution >= 0.6 is 23.2 Å². The van der Waals surface area contributed by atoms with E-state index in [1.54, 1.807) is 12.1 Å². The first kappa shape index (κ1) is 33.1. The number of primary amides is 1. The van der Waals surface area contributed by atoms with E-state index in [1.807, 2.05) is 78.9 Å². The highest BCUT2D eigenvalue weighted by atomic mass is 35.5. The number of fused-ring (bicyclic) bond motifs is 3. The summed E-state index contributed by atoms with van der Waals surface area (Å²) in [4.78, 5) is 54.3. The molecule has 1 heterocycles. The normalized spacial score (nSPS) is 15.0. The molecule has 1 aliphatic heterocycles. The Labute approximate surface area is 288 Å². The van der Waals surface area contributed by atoms with Gasteiger partial charge in [-0.3, -0.25) is 9.59 Å². The number of hydrogen-bond donors (Lipinski definition) is 2. The summed E-state index contributed by atoms with van der Waals surface area (Å²) >= 11 is 12.6. The summed E-state index contributed by atoms with van der Waals surface area (Å²) in [6.07, 6.45) is -0.277. The number of hydrogen-bond acceptors (Lipinski definition) is 5. The summed E-state index contributed by atoms with van der Waals surface area (Å²) in [7, 11) is 0. The van der Waals surface area contributed by atoms with Crippen LogP contribution in [0, 0.1) is 5.92 Å². The number of halogens is 2. The molecule has 11 heteroatoms. The zero-order valence-corrected chi connectivity index (χ0v) is 27.5. The molecule has 4 aromatic rings. The molecule has 48 heavy (non-hydrogen) atoms. The summed E-state index contributed by atoms with van der Waals surface area (Å²) in [5.41, 5.74) is 11.1. The molecule has 246 valence electrons. The predicted octanol–water partition coefficient (Wildman–Crippen LogP) is 6.40. The van der Waals surface area contributed by atoms with Crippen molar-refractivity contribution in [3.8, 4) is 11.1 Å². The molecule has 1 saturated heterocycles. The van der Waals surface area contributed by atoms with Gasteiger partial charge in [-0.25, -0.2) is 19.6 Å². The van der Waals surface area contributed by atoms with Gasteiger partial charge in [0.15, 0.2) is 5.78 Å². The second-order valence-electron chi connectivity index (χ2n) is 11.9. The molecule has 0 bridgehead atoms. The van der Waals surface area contributed by atoms with Crippen LogP contribution in [0.4, 0.5) is 9.59 Å². The Kier molecular flexibility index (Phi) is 9.98. The number of ether oxygens (including phenoxy) is 1. The SMILES string of the molecule is NC(=O)N1CCCN1C(=O)[C@@H](Cc1ccc(Cl)cc1Cl)C(=O)[C@@H](Cc1ccccc1)NC(=O)OCC1c2ccccc2-c2ccccc21. The number of nitrogens with one attached hydrogen (secondary N) is 1. The number of ketones is 1. The fourth-order valence-electron chi connectivity index (χ4n) is 6.56. The van der Waals surface area contributed by atoms with Crippen molar-refractivity contribution >= 4 is 47.0 Å².